The van der Waals surface area contributed by atoms with Crippen LogP contribution in [0, 0.1) is 0 Å². The molecule has 0 aromatic carbocycles. The number of ether oxygens (including phenoxy) is 2. The third-order valence-electron chi connectivity index (χ3n) is 4.61. The van der Waals surface area contributed by atoms with Gasteiger partial charge in [-0.2, -0.15) is 18.3 Å². The number of aromatic amines is 1. The van der Waals surface area contributed by atoms with E-state index < -0.39 is 29.2 Å². The smallest absolute Gasteiger partial charge is 0.425 e. The molecule has 0 aliphatic carbocycles. The number of carbonyl (C=O) groups is 1. The van der Waals surface area contributed by atoms with Crippen molar-refractivity contribution in [2.45, 2.75) is 25.6 Å². The molecule has 32 heavy (non-hydrogen) atoms. The minimum atomic E-state index is -4.88. The van der Waals surface area contributed by atoms with Crippen molar-refractivity contribution in [3.63, 3.8) is 0 Å². The Balaban J connectivity index is 1.39. The lowest BCUT2D eigenvalue weighted by atomic mass is 10.2. The van der Waals surface area contributed by atoms with Crippen LogP contribution in [0.1, 0.15) is 18.9 Å². The number of halogens is 4. The number of aromatic nitrogens is 3. The summed E-state index contributed by atoms with van der Waals surface area (Å²) in [5.74, 6) is -0.749. The Bertz CT molecular complexity index is 978. The molecule has 0 spiro atoms. The maximum absolute atomic E-state index is 13.0. The number of H-pyrrole nitrogens is 1. The van der Waals surface area contributed by atoms with Crippen LogP contribution in [-0.4, -0.2) is 71.5 Å². The molecule has 2 aromatic rings. The third-order valence-corrected chi connectivity index (χ3v) is 5.79. The van der Waals surface area contributed by atoms with E-state index in [1.54, 1.807) is 16.2 Å². The highest BCUT2D eigenvalue weighted by Gasteiger charge is 2.38. The SMILES string of the molecule is C[C@@H](COCCC(=O)N1CCN(c2ncc(Cl)s2)CC1)Oc1cn[nH]c(=O)c1C(F)(F)F. The second-order valence-corrected chi connectivity index (χ2v) is 8.64. The van der Waals surface area contributed by atoms with Crippen LogP contribution in [0.25, 0.3) is 0 Å². The highest BCUT2D eigenvalue weighted by molar-refractivity contribution is 7.19. The summed E-state index contributed by atoms with van der Waals surface area (Å²) in [6.07, 6.45) is -3.14. The van der Waals surface area contributed by atoms with Crippen molar-refractivity contribution in [3.05, 3.63) is 32.6 Å². The van der Waals surface area contributed by atoms with Gasteiger partial charge < -0.3 is 19.3 Å². The molecule has 1 saturated heterocycles. The Morgan fingerprint density at radius 1 is 1.31 bits per heavy atom. The summed E-state index contributed by atoms with van der Waals surface area (Å²) >= 11 is 7.29. The summed E-state index contributed by atoms with van der Waals surface area (Å²) in [5, 5.41) is 5.90. The van der Waals surface area contributed by atoms with E-state index in [9.17, 15) is 22.8 Å². The highest BCUT2D eigenvalue weighted by Crippen LogP contribution is 2.33. The summed E-state index contributed by atoms with van der Waals surface area (Å²) in [6.45, 7) is 3.91. The fourth-order valence-electron chi connectivity index (χ4n) is 3.10. The van der Waals surface area contributed by atoms with Gasteiger partial charge in [-0.15, -0.1) is 0 Å². The zero-order valence-electron chi connectivity index (χ0n) is 17.0. The van der Waals surface area contributed by atoms with Crippen LogP contribution in [0.4, 0.5) is 18.3 Å². The molecule has 0 radical (unpaired) electrons. The van der Waals surface area contributed by atoms with Gasteiger partial charge in [-0.3, -0.25) is 9.59 Å². The molecule has 3 heterocycles. The number of nitrogens with zero attached hydrogens (tertiary/aromatic N) is 4. The average Bonchev–Trinajstić information content (AvgIpc) is 3.16. The lowest BCUT2D eigenvalue weighted by Crippen LogP contribution is -2.49. The Labute approximate surface area is 190 Å². The molecule has 1 aliphatic heterocycles. The van der Waals surface area contributed by atoms with Crippen molar-refractivity contribution < 1.29 is 27.4 Å². The van der Waals surface area contributed by atoms with Gasteiger partial charge in [-0.25, -0.2) is 10.1 Å². The number of nitrogens with one attached hydrogen (secondary N) is 1. The maximum Gasteiger partial charge on any atom is 0.425 e. The van der Waals surface area contributed by atoms with Crippen molar-refractivity contribution >= 4 is 34.0 Å². The first-order valence-electron chi connectivity index (χ1n) is 9.68. The number of anilines is 1. The molecule has 1 N–H and O–H groups in total. The number of carbonyl (C=O) groups excluding carboxylic acids is 1. The van der Waals surface area contributed by atoms with E-state index in [2.05, 4.69) is 15.0 Å². The first-order valence-corrected chi connectivity index (χ1v) is 10.9. The lowest BCUT2D eigenvalue weighted by Gasteiger charge is -2.34. The van der Waals surface area contributed by atoms with Crippen molar-refractivity contribution in [1.29, 1.82) is 0 Å². The van der Waals surface area contributed by atoms with Crippen LogP contribution in [0.3, 0.4) is 0 Å². The predicted molar refractivity (Wildman–Crippen MR) is 111 cm³/mol. The Kier molecular flexibility index (Phi) is 7.96. The molecule has 3 rings (SSSR count). The monoisotopic (exact) mass is 495 g/mol. The van der Waals surface area contributed by atoms with Crippen LogP contribution < -0.4 is 15.2 Å². The summed E-state index contributed by atoms with van der Waals surface area (Å²) in [4.78, 5) is 31.8. The van der Waals surface area contributed by atoms with E-state index in [1.807, 2.05) is 0 Å². The number of rotatable bonds is 8. The summed E-state index contributed by atoms with van der Waals surface area (Å²) < 4.78 is 50.3. The van der Waals surface area contributed by atoms with Gasteiger partial charge in [0.25, 0.3) is 5.56 Å². The van der Waals surface area contributed by atoms with Crippen LogP contribution in [0.5, 0.6) is 5.75 Å². The zero-order valence-corrected chi connectivity index (χ0v) is 18.6. The van der Waals surface area contributed by atoms with Crippen LogP contribution in [0.2, 0.25) is 4.34 Å². The lowest BCUT2D eigenvalue weighted by molar-refractivity contribution is -0.141. The van der Waals surface area contributed by atoms with E-state index in [-0.39, 0.29) is 25.5 Å². The second-order valence-electron chi connectivity index (χ2n) is 7.00. The summed E-state index contributed by atoms with van der Waals surface area (Å²) in [5.41, 5.74) is -2.83. The minimum Gasteiger partial charge on any atom is -0.486 e. The normalized spacial score (nSPS) is 15.7. The first kappa shape index (κ1) is 24.3. The van der Waals surface area contributed by atoms with Gasteiger partial charge in [0.1, 0.15) is 10.4 Å². The molecule has 1 amide bonds. The van der Waals surface area contributed by atoms with Crippen molar-refractivity contribution in [2.24, 2.45) is 0 Å². The molecule has 2 aromatic heterocycles. The molecular formula is C18H21ClF3N5O4S. The van der Waals surface area contributed by atoms with E-state index >= 15 is 0 Å². The van der Waals surface area contributed by atoms with Crippen molar-refractivity contribution in [1.82, 2.24) is 20.1 Å². The number of amides is 1. The summed E-state index contributed by atoms with van der Waals surface area (Å²) in [6, 6.07) is 0. The van der Waals surface area contributed by atoms with Crippen molar-refractivity contribution in [2.75, 3.05) is 44.3 Å². The van der Waals surface area contributed by atoms with Crippen LogP contribution >= 0.6 is 22.9 Å². The van der Waals surface area contributed by atoms with E-state index in [4.69, 9.17) is 21.1 Å². The van der Waals surface area contributed by atoms with E-state index in [0.717, 1.165) is 11.3 Å². The number of hydrogen-bond acceptors (Lipinski definition) is 8. The highest BCUT2D eigenvalue weighted by atomic mass is 35.5. The van der Waals surface area contributed by atoms with Gasteiger partial charge in [-0.05, 0) is 6.92 Å². The minimum absolute atomic E-state index is 0.0596. The quantitative estimate of drug-likeness (QED) is 0.561. The molecule has 9 nitrogen and oxygen atoms in total. The fourth-order valence-corrected chi connectivity index (χ4v) is 4.05. The Morgan fingerprint density at radius 3 is 2.66 bits per heavy atom. The van der Waals surface area contributed by atoms with Gasteiger partial charge in [0.15, 0.2) is 16.4 Å². The van der Waals surface area contributed by atoms with Gasteiger partial charge >= 0.3 is 6.18 Å². The Hall–Kier alpha value is -2.38. The predicted octanol–water partition coefficient (Wildman–Crippen LogP) is 2.42. The number of thiazole rings is 1. The molecule has 176 valence electrons. The van der Waals surface area contributed by atoms with Gasteiger partial charge in [0, 0.05) is 26.2 Å². The van der Waals surface area contributed by atoms with Gasteiger partial charge in [0.05, 0.1) is 32.0 Å². The average molecular weight is 496 g/mol. The van der Waals surface area contributed by atoms with Gasteiger partial charge in [-0.1, -0.05) is 22.9 Å². The zero-order chi connectivity index (χ0) is 23.3. The molecule has 1 aliphatic rings. The van der Waals surface area contributed by atoms with Crippen molar-refractivity contribution in [3.8, 4) is 5.75 Å². The first-order chi connectivity index (χ1) is 15.1. The standard InChI is InChI=1S/C18H21ClF3N5O4S/c1-11(31-12-8-24-25-16(29)15(12)18(20,21)22)10-30-7-2-14(28)26-3-5-27(6-4-26)17-23-9-13(19)32-17/h8-9,11H,2-7,10H2,1H3,(H,25,29)/t11-/m0/s1. The third kappa shape index (κ3) is 6.33. The van der Waals surface area contributed by atoms with Gasteiger partial charge in [0.2, 0.25) is 5.91 Å². The fraction of sp³-hybridized carbons (Fsp3) is 0.556. The van der Waals surface area contributed by atoms with Crippen LogP contribution in [0.15, 0.2) is 17.2 Å². The number of hydrogen-bond donors (Lipinski definition) is 1. The molecule has 0 bridgehead atoms. The molecule has 14 heteroatoms. The molecule has 1 atom stereocenters. The van der Waals surface area contributed by atoms with E-state index in [0.29, 0.717) is 30.5 Å². The topological polar surface area (TPSA) is 101 Å². The second kappa shape index (κ2) is 10.5. The number of alkyl halides is 3. The molecular weight excluding hydrogens is 475 g/mol. The van der Waals surface area contributed by atoms with Crippen LogP contribution in [-0.2, 0) is 15.7 Å². The maximum atomic E-state index is 13.0. The van der Waals surface area contributed by atoms with E-state index in [1.165, 1.54) is 18.3 Å². The molecule has 1 fully saturated rings. The number of piperazine rings is 1. The summed E-state index contributed by atoms with van der Waals surface area (Å²) in [7, 11) is 0. The molecule has 0 saturated carbocycles. The molecule has 0 unspecified atom stereocenters. The Morgan fingerprint density at radius 2 is 2.03 bits per heavy atom. The largest absolute Gasteiger partial charge is 0.486 e.